The Kier molecular flexibility index (Phi) is 6.01. The summed E-state index contributed by atoms with van der Waals surface area (Å²) in [6.45, 7) is 4.11. The molecular formula is C25H25N3O3S. The number of rotatable bonds is 7. The van der Waals surface area contributed by atoms with Crippen LogP contribution in [-0.2, 0) is 16.4 Å². The van der Waals surface area contributed by atoms with Gasteiger partial charge in [-0.15, -0.1) is 0 Å². The van der Waals surface area contributed by atoms with E-state index in [4.69, 9.17) is 0 Å². The lowest BCUT2D eigenvalue weighted by atomic mass is 10.1. The fourth-order valence-corrected chi connectivity index (χ4v) is 5.04. The molecule has 0 saturated carbocycles. The van der Waals surface area contributed by atoms with Crippen LogP contribution in [0.5, 0.6) is 0 Å². The van der Waals surface area contributed by atoms with Crippen molar-refractivity contribution in [3.63, 3.8) is 0 Å². The number of aromatic amines is 1. The zero-order valence-corrected chi connectivity index (χ0v) is 18.8. The highest BCUT2D eigenvalue weighted by molar-refractivity contribution is 7.92. The SMILES string of the molecule is Cc1ccc(C)c(S(=O)(=O)Nc2ccc(C(=O)NCCc3c[nH]c4ccccc34)cc2)c1. The number of nitrogens with one attached hydrogen (secondary N) is 3. The molecule has 0 aliphatic heterocycles. The second-order valence-electron chi connectivity index (χ2n) is 7.82. The van der Waals surface area contributed by atoms with Gasteiger partial charge in [0, 0.05) is 34.9 Å². The summed E-state index contributed by atoms with van der Waals surface area (Å²) in [5, 5.41) is 4.07. The first-order chi connectivity index (χ1) is 15.3. The fourth-order valence-electron chi connectivity index (χ4n) is 3.65. The van der Waals surface area contributed by atoms with Crippen LogP contribution in [0, 0.1) is 13.8 Å². The summed E-state index contributed by atoms with van der Waals surface area (Å²) in [6, 6.07) is 19.8. The second kappa shape index (κ2) is 8.88. The zero-order chi connectivity index (χ0) is 22.7. The van der Waals surface area contributed by atoms with Crippen LogP contribution in [0.15, 0.2) is 77.8 Å². The summed E-state index contributed by atoms with van der Waals surface area (Å²) in [6.07, 6.45) is 2.68. The minimum Gasteiger partial charge on any atom is -0.361 e. The zero-order valence-electron chi connectivity index (χ0n) is 18.0. The number of H-pyrrole nitrogens is 1. The van der Waals surface area contributed by atoms with Crippen molar-refractivity contribution in [1.29, 1.82) is 0 Å². The van der Waals surface area contributed by atoms with E-state index in [0.717, 1.165) is 22.0 Å². The van der Waals surface area contributed by atoms with Crippen LogP contribution >= 0.6 is 0 Å². The third-order valence-electron chi connectivity index (χ3n) is 5.39. The van der Waals surface area contributed by atoms with Crippen LogP contribution in [0.4, 0.5) is 5.69 Å². The molecular weight excluding hydrogens is 422 g/mol. The molecule has 4 rings (SSSR count). The number of carbonyl (C=O) groups excluding carboxylic acids is 1. The van der Waals surface area contributed by atoms with E-state index in [0.29, 0.717) is 29.8 Å². The number of hydrogen-bond acceptors (Lipinski definition) is 3. The van der Waals surface area contributed by atoms with Crippen LogP contribution in [0.1, 0.15) is 27.0 Å². The third kappa shape index (κ3) is 4.68. The molecule has 1 heterocycles. The Labute approximate surface area is 187 Å². The molecule has 0 unspecified atom stereocenters. The van der Waals surface area contributed by atoms with Crippen molar-refractivity contribution in [1.82, 2.24) is 10.3 Å². The summed E-state index contributed by atoms with van der Waals surface area (Å²) in [4.78, 5) is 16.0. The van der Waals surface area contributed by atoms with Gasteiger partial charge in [0.2, 0.25) is 0 Å². The number of para-hydroxylation sites is 1. The van der Waals surface area contributed by atoms with Crippen LogP contribution in [0.25, 0.3) is 10.9 Å². The molecule has 1 amide bonds. The first-order valence-corrected chi connectivity index (χ1v) is 11.9. The predicted octanol–water partition coefficient (Wildman–Crippen LogP) is 4.56. The van der Waals surface area contributed by atoms with Crippen LogP contribution in [-0.4, -0.2) is 25.9 Å². The monoisotopic (exact) mass is 447 g/mol. The lowest BCUT2D eigenvalue weighted by Gasteiger charge is -2.12. The summed E-state index contributed by atoms with van der Waals surface area (Å²) >= 11 is 0. The molecule has 1 aromatic heterocycles. The van der Waals surface area contributed by atoms with Gasteiger partial charge in [0.1, 0.15) is 0 Å². The van der Waals surface area contributed by atoms with E-state index in [9.17, 15) is 13.2 Å². The Balaban J connectivity index is 1.37. The lowest BCUT2D eigenvalue weighted by molar-refractivity contribution is 0.0954. The van der Waals surface area contributed by atoms with Crippen molar-refractivity contribution in [3.8, 4) is 0 Å². The van der Waals surface area contributed by atoms with Gasteiger partial charge in [0.15, 0.2) is 0 Å². The molecule has 0 bridgehead atoms. The molecule has 0 atom stereocenters. The third-order valence-corrected chi connectivity index (χ3v) is 6.91. The fraction of sp³-hybridized carbons (Fsp3) is 0.160. The molecule has 3 N–H and O–H groups in total. The number of anilines is 1. The first-order valence-electron chi connectivity index (χ1n) is 10.4. The van der Waals surface area contributed by atoms with Gasteiger partial charge in [-0.1, -0.05) is 30.3 Å². The Morgan fingerprint density at radius 2 is 1.72 bits per heavy atom. The molecule has 0 radical (unpaired) electrons. The molecule has 7 heteroatoms. The molecule has 0 saturated heterocycles. The van der Waals surface area contributed by atoms with Gasteiger partial charge in [-0.05, 0) is 73.4 Å². The molecule has 0 aliphatic carbocycles. The van der Waals surface area contributed by atoms with Crippen molar-refractivity contribution < 1.29 is 13.2 Å². The van der Waals surface area contributed by atoms with Gasteiger partial charge in [-0.25, -0.2) is 8.42 Å². The smallest absolute Gasteiger partial charge is 0.262 e. The maximum Gasteiger partial charge on any atom is 0.262 e. The van der Waals surface area contributed by atoms with E-state index < -0.39 is 10.0 Å². The topological polar surface area (TPSA) is 91.1 Å². The van der Waals surface area contributed by atoms with Gasteiger partial charge in [0.25, 0.3) is 15.9 Å². The quantitative estimate of drug-likeness (QED) is 0.388. The maximum absolute atomic E-state index is 12.7. The second-order valence-corrected chi connectivity index (χ2v) is 9.47. The van der Waals surface area contributed by atoms with Gasteiger partial charge in [0.05, 0.1) is 4.90 Å². The minimum absolute atomic E-state index is 0.200. The number of benzene rings is 3. The number of sulfonamides is 1. The molecule has 32 heavy (non-hydrogen) atoms. The van der Waals surface area contributed by atoms with Crippen LogP contribution < -0.4 is 10.0 Å². The summed E-state index contributed by atoms with van der Waals surface area (Å²) in [7, 11) is -3.71. The van der Waals surface area contributed by atoms with Gasteiger partial charge in [-0.3, -0.25) is 9.52 Å². The van der Waals surface area contributed by atoms with Crippen molar-refractivity contribution in [3.05, 3.63) is 95.2 Å². The molecule has 6 nitrogen and oxygen atoms in total. The number of hydrogen-bond donors (Lipinski definition) is 3. The standard InChI is InChI=1S/C25H25N3O3S/c1-17-7-8-18(2)24(15-17)32(30,31)28-21-11-9-19(10-12-21)25(29)26-14-13-20-16-27-23-6-4-3-5-22(20)23/h3-12,15-16,27-28H,13-14H2,1-2H3,(H,26,29). The van der Waals surface area contributed by atoms with Crippen molar-refractivity contribution in [2.24, 2.45) is 0 Å². The van der Waals surface area contributed by atoms with E-state index in [2.05, 4.69) is 21.1 Å². The van der Waals surface area contributed by atoms with E-state index in [1.54, 1.807) is 43.3 Å². The number of fused-ring (bicyclic) bond motifs is 1. The molecule has 0 spiro atoms. The number of amides is 1. The molecule has 3 aromatic carbocycles. The molecule has 0 fully saturated rings. The highest BCUT2D eigenvalue weighted by atomic mass is 32.2. The normalized spacial score (nSPS) is 11.4. The number of aryl methyl sites for hydroxylation is 2. The van der Waals surface area contributed by atoms with Crippen LogP contribution in [0.3, 0.4) is 0 Å². The van der Waals surface area contributed by atoms with Crippen molar-refractivity contribution in [2.45, 2.75) is 25.2 Å². The van der Waals surface area contributed by atoms with E-state index >= 15 is 0 Å². The molecule has 4 aromatic rings. The number of carbonyl (C=O) groups is 1. The molecule has 0 aliphatic rings. The van der Waals surface area contributed by atoms with Gasteiger partial charge < -0.3 is 10.3 Å². The Hall–Kier alpha value is -3.58. The summed E-state index contributed by atoms with van der Waals surface area (Å²) in [5.74, 6) is -0.200. The highest BCUT2D eigenvalue weighted by Crippen LogP contribution is 2.21. The Bertz CT molecular complexity index is 1370. The largest absolute Gasteiger partial charge is 0.361 e. The lowest BCUT2D eigenvalue weighted by Crippen LogP contribution is -2.25. The maximum atomic E-state index is 12.7. The van der Waals surface area contributed by atoms with Crippen molar-refractivity contribution >= 4 is 32.5 Å². The summed E-state index contributed by atoms with van der Waals surface area (Å²) < 4.78 is 28.1. The Morgan fingerprint density at radius 3 is 2.50 bits per heavy atom. The molecule has 164 valence electrons. The highest BCUT2D eigenvalue weighted by Gasteiger charge is 2.17. The van der Waals surface area contributed by atoms with Crippen molar-refractivity contribution in [2.75, 3.05) is 11.3 Å². The Morgan fingerprint density at radius 1 is 0.969 bits per heavy atom. The minimum atomic E-state index is -3.71. The van der Waals surface area contributed by atoms with E-state index in [1.165, 1.54) is 0 Å². The number of aromatic nitrogens is 1. The first kappa shape index (κ1) is 21.6. The predicted molar refractivity (Wildman–Crippen MR) is 128 cm³/mol. The van der Waals surface area contributed by atoms with Gasteiger partial charge in [-0.2, -0.15) is 0 Å². The van der Waals surface area contributed by atoms with Crippen LogP contribution in [0.2, 0.25) is 0 Å². The van der Waals surface area contributed by atoms with E-state index in [-0.39, 0.29) is 10.8 Å². The average molecular weight is 448 g/mol. The van der Waals surface area contributed by atoms with Gasteiger partial charge >= 0.3 is 0 Å². The summed E-state index contributed by atoms with van der Waals surface area (Å²) in [5.41, 5.74) is 4.65. The average Bonchev–Trinajstić information content (AvgIpc) is 3.19. The van der Waals surface area contributed by atoms with E-state index in [1.807, 2.05) is 37.4 Å².